The Balaban J connectivity index is 1.86. The highest BCUT2D eigenvalue weighted by molar-refractivity contribution is 5.26. The summed E-state index contributed by atoms with van der Waals surface area (Å²) in [5.74, 6) is 2.18. The van der Waals surface area contributed by atoms with Crippen LogP contribution in [0.15, 0.2) is 60.7 Å². The molecule has 1 fully saturated rings. The maximum Gasteiger partial charge on any atom is -0.0130 e. The third-order valence-electron chi connectivity index (χ3n) is 4.76. The topological polar surface area (TPSA) is 0 Å². The molecular formula is C19H22. The summed E-state index contributed by atoms with van der Waals surface area (Å²) in [6, 6.07) is 22.1. The molecule has 1 saturated carbocycles. The van der Waals surface area contributed by atoms with Crippen molar-refractivity contribution < 1.29 is 0 Å². The highest BCUT2D eigenvalue weighted by atomic mass is 14.4. The minimum atomic E-state index is 0.722. The maximum absolute atomic E-state index is 2.44. The van der Waals surface area contributed by atoms with Crippen molar-refractivity contribution in [2.24, 2.45) is 5.92 Å². The van der Waals surface area contributed by atoms with Crippen LogP contribution in [0.25, 0.3) is 0 Å². The minimum absolute atomic E-state index is 0.722. The van der Waals surface area contributed by atoms with Gasteiger partial charge in [0.05, 0.1) is 0 Å². The van der Waals surface area contributed by atoms with Crippen LogP contribution in [0.3, 0.4) is 0 Å². The van der Waals surface area contributed by atoms with Crippen LogP contribution in [0, 0.1) is 5.92 Å². The van der Waals surface area contributed by atoms with E-state index in [1.54, 1.807) is 0 Å². The molecule has 2 aromatic carbocycles. The Hall–Kier alpha value is -1.56. The molecule has 1 aliphatic carbocycles. The maximum atomic E-state index is 2.44. The zero-order valence-electron chi connectivity index (χ0n) is 11.6. The molecule has 19 heavy (non-hydrogen) atoms. The minimum Gasteiger partial charge on any atom is -0.0622 e. The van der Waals surface area contributed by atoms with Gasteiger partial charge in [0.2, 0.25) is 0 Å². The zero-order valence-corrected chi connectivity index (χ0v) is 11.6. The second kappa shape index (κ2) is 5.61. The van der Waals surface area contributed by atoms with Crippen molar-refractivity contribution in [1.82, 2.24) is 0 Å². The Morgan fingerprint density at radius 1 is 0.684 bits per heavy atom. The van der Waals surface area contributed by atoms with Gasteiger partial charge in [-0.05, 0) is 41.7 Å². The lowest BCUT2D eigenvalue weighted by Crippen LogP contribution is -2.23. The summed E-state index contributed by atoms with van der Waals surface area (Å²) >= 11 is 0. The van der Waals surface area contributed by atoms with Gasteiger partial charge in [-0.25, -0.2) is 0 Å². The molecule has 0 heterocycles. The van der Waals surface area contributed by atoms with Crippen molar-refractivity contribution >= 4 is 0 Å². The van der Waals surface area contributed by atoms with Gasteiger partial charge in [0, 0.05) is 0 Å². The number of hydrogen-bond donors (Lipinski definition) is 0. The largest absolute Gasteiger partial charge is 0.0622 e. The van der Waals surface area contributed by atoms with E-state index in [2.05, 4.69) is 67.6 Å². The summed E-state index contributed by atoms with van der Waals surface area (Å²) in [5, 5.41) is 0. The van der Waals surface area contributed by atoms with Crippen molar-refractivity contribution in [1.29, 1.82) is 0 Å². The van der Waals surface area contributed by atoms with E-state index >= 15 is 0 Å². The second-order valence-corrected chi connectivity index (χ2v) is 5.82. The summed E-state index contributed by atoms with van der Waals surface area (Å²) in [5.41, 5.74) is 3.05. The van der Waals surface area contributed by atoms with E-state index in [1.165, 1.54) is 30.4 Å². The quantitative estimate of drug-likeness (QED) is 0.671. The number of benzene rings is 2. The Morgan fingerprint density at radius 2 is 1.11 bits per heavy atom. The van der Waals surface area contributed by atoms with Gasteiger partial charge in [0.25, 0.3) is 0 Å². The molecule has 0 aliphatic heterocycles. The van der Waals surface area contributed by atoms with Crippen LogP contribution in [-0.2, 0) is 0 Å². The van der Waals surface area contributed by atoms with Gasteiger partial charge >= 0.3 is 0 Å². The Labute approximate surface area is 116 Å². The molecule has 0 saturated heterocycles. The van der Waals surface area contributed by atoms with E-state index in [9.17, 15) is 0 Å². The van der Waals surface area contributed by atoms with E-state index in [-0.39, 0.29) is 0 Å². The number of hydrogen-bond acceptors (Lipinski definition) is 0. The molecular weight excluding hydrogens is 228 g/mol. The van der Waals surface area contributed by atoms with Crippen molar-refractivity contribution in [2.45, 2.75) is 38.0 Å². The standard InChI is InChI=1S/C19H22/c1-15-18(16-9-4-2-5-10-16)13-8-14-19(15)17-11-6-3-7-12-17/h2-7,9-12,15,18-19H,8,13-14H2,1H3. The lowest BCUT2D eigenvalue weighted by molar-refractivity contribution is 0.285. The number of rotatable bonds is 2. The third kappa shape index (κ3) is 2.58. The lowest BCUT2D eigenvalue weighted by Gasteiger charge is -2.36. The van der Waals surface area contributed by atoms with Gasteiger partial charge in [0.1, 0.15) is 0 Å². The fourth-order valence-electron chi connectivity index (χ4n) is 3.70. The average Bonchev–Trinajstić information content (AvgIpc) is 2.49. The van der Waals surface area contributed by atoms with E-state index in [0.29, 0.717) is 0 Å². The highest BCUT2D eigenvalue weighted by Gasteiger charge is 2.31. The van der Waals surface area contributed by atoms with Crippen LogP contribution >= 0.6 is 0 Å². The van der Waals surface area contributed by atoms with Gasteiger partial charge in [-0.1, -0.05) is 74.0 Å². The first kappa shape index (κ1) is 12.5. The molecule has 0 radical (unpaired) electrons. The summed E-state index contributed by atoms with van der Waals surface area (Å²) in [6.45, 7) is 2.44. The molecule has 1 aliphatic rings. The molecule has 0 spiro atoms. The molecule has 0 heteroatoms. The average molecular weight is 250 g/mol. The van der Waals surface area contributed by atoms with Crippen molar-refractivity contribution in [2.75, 3.05) is 0 Å². The van der Waals surface area contributed by atoms with Gasteiger partial charge < -0.3 is 0 Å². The molecule has 0 bridgehead atoms. The first-order chi connectivity index (χ1) is 9.36. The van der Waals surface area contributed by atoms with Gasteiger partial charge in [-0.3, -0.25) is 0 Å². The van der Waals surface area contributed by atoms with Crippen LogP contribution in [0.1, 0.15) is 49.1 Å². The first-order valence-corrected chi connectivity index (χ1v) is 7.46. The van der Waals surface area contributed by atoms with Gasteiger partial charge in [-0.15, -0.1) is 0 Å². The van der Waals surface area contributed by atoms with Crippen molar-refractivity contribution in [3.8, 4) is 0 Å². The molecule has 2 unspecified atom stereocenters. The smallest absolute Gasteiger partial charge is 0.0130 e. The SMILES string of the molecule is CC1C(c2ccccc2)CCCC1c1ccccc1. The van der Waals surface area contributed by atoms with Crippen molar-refractivity contribution in [3.63, 3.8) is 0 Å². The highest BCUT2D eigenvalue weighted by Crippen LogP contribution is 2.45. The molecule has 2 aromatic rings. The zero-order chi connectivity index (χ0) is 13.1. The van der Waals surface area contributed by atoms with Crippen LogP contribution in [-0.4, -0.2) is 0 Å². The normalized spacial score (nSPS) is 27.1. The molecule has 0 nitrogen and oxygen atoms in total. The van der Waals surface area contributed by atoms with E-state index < -0.39 is 0 Å². The van der Waals surface area contributed by atoms with Crippen LogP contribution in [0.4, 0.5) is 0 Å². The lowest BCUT2D eigenvalue weighted by atomic mass is 9.68. The Morgan fingerprint density at radius 3 is 1.53 bits per heavy atom. The molecule has 0 N–H and O–H groups in total. The van der Waals surface area contributed by atoms with E-state index in [4.69, 9.17) is 0 Å². The third-order valence-corrected chi connectivity index (χ3v) is 4.76. The molecule has 98 valence electrons. The van der Waals surface area contributed by atoms with E-state index in [1.807, 2.05) is 0 Å². The van der Waals surface area contributed by atoms with Crippen LogP contribution < -0.4 is 0 Å². The monoisotopic (exact) mass is 250 g/mol. The van der Waals surface area contributed by atoms with Crippen molar-refractivity contribution in [3.05, 3.63) is 71.8 Å². The van der Waals surface area contributed by atoms with Gasteiger partial charge in [-0.2, -0.15) is 0 Å². The van der Waals surface area contributed by atoms with Crippen LogP contribution in [0.2, 0.25) is 0 Å². The van der Waals surface area contributed by atoms with Gasteiger partial charge in [0.15, 0.2) is 0 Å². The molecule has 0 amide bonds. The predicted molar refractivity (Wildman–Crippen MR) is 81.4 cm³/mol. The van der Waals surface area contributed by atoms with Crippen LogP contribution in [0.5, 0.6) is 0 Å². The fourth-order valence-corrected chi connectivity index (χ4v) is 3.70. The summed E-state index contributed by atoms with van der Waals surface area (Å²) in [4.78, 5) is 0. The molecule has 2 atom stereocenters. The summed E-state index contributed by atoms with van der Waals surface area (Å²) in [6.07, 6.45) is 4.03. The first-order valence-electron chi connectivity index (χ1n) is 7.46. The molecule has 0 aromatic heterocycles. The fraction of sp³-hybridized carbons (Fsp3) is 0.368. The van der Waals surface area contributed by atoms with E-state index in [0.717, 1.165) is 17.8 Å². The predicted octanol–water partition coefficient (Wildman–Crippen LogP) is 5.37. The summed E-state index contributed by atoms with van der Waals surface area (Å²) < 4.78 is 0. The second-order valence-electron chi connectivity index (χ2n) is 5.82. The Kier molecular flexibility index (Phi) is 3.68. The summed E-state index contributed by atoms with van der Waals surface area (Å²) in [7, 11) is 0. The molecule has 3 rings (SSSR count). The Bertz CT molecular complexity index is 453.